The molecule has 0 unspecified atom stereocenters. The van der Waals surface area contributed by atoms with Gasteiger partial charge in [-0.1, -0.05) is 25.1 Å². The van der Waals surface area contributed by atoms with E-state index < -0.39 is 10.0 Å². The quantitative estimate of drug-likeness (QED) is 0.411. The van der Waals surface area contributed by atoms with Crippen molar-refractivity contribution in [1.82, 2.24) is 0 Å². The van der Waals surface area contributed by atoms with Crippen LogP contribution in [-0.4, -0.2) is 34.3 Å². The summed E-state index contributed by atoms with van der Waals surface area (Å²) >= 11 is 0. The van der Waals surface area contributed by atoms with Crippen LogP contribution < -0.4 is 19.1 Å². The van der Waals surface area contributed by atoms with Crippen molar-refractivity contribution < 1.29 is 22.7 Å². The number of methoxy groups -OCH3 is 2. The van der Waals surface area contributed by atoms with E-state index in [0.29, 0.717) is 34.9 Å². The predicted molar refractivity (Wildman–Crippen MR) is 140 cm³/mol. The monoisotopic (exact) mass is 496 g/mol. The average Bonchev–Trinajstić information content (AvgIpc) is 2.84. The number of rotatable bonds is 10. The predicted octanol–water partition coefficient (Wildman–Crippen LogP) is 5.32. The Balaban J connectivity index is 1.82. The van der Waals surface area contributed by atoms with Crippen LogP contribution in [0, 0.1) is 13.8 Å². The number of hydrogen-bond acceptors (Lipinski definition) is 5. The van der Waals surface area contributed by atoms with Crippen molar-refractivity contribution in [3.63, 3.8) is 0 Å². The lowest BCUT2D eigenvalue weighted by Crippen LogP contribution is -2.32. The van der Waals surface area contributed by atoms with Gasteiger partial charge < -0.3 is 14.8 Å². The summed E-state index contributed by atoms with van der Waals surface area (Å²) in [5.74, 6) is 0.711. The summed E-state index contributed by atoms with van der Waals surface area (Å²) in [6, 6.07) is 17.8. The molecule has 0 saturated carbocycles. The van der Waals surface area contributed by atoms with E-state index in [-0.39, 0.29) is 18.2 Å². The number of hydrogen-bond donors (Lipinski definition) is 1. The molecule has 1 N–H and O–H groups in total. The van der Waals surface area contributed by atoms with Gasteiger partial charge in [-0.25, -0.2) is 8.42 Å². The first-order chi connectivity index (χ1) is 16.7. The molecular formula is C27H32N2O5S. The van der Waals surface area contributed by atoms with E-state index in [1.807, 2.05) is 51.1 Å². The molecule has 3 aromatic rings. The number of amides is 1. The number of aryl methyl sites for hydroxylation is 2. The van der Waals surface area contributed by atoms with Crippen LogP contribution in [0.3, 0.4) is 0 Å². The molecular weight excluding hydrogens is 464 g/mol. The first kappa shape index (κ1) is 26.1. The summed E-state index contributed by atoms with van der Waals surface area (Å²) in [5.41, 5.74) is 4.52. The van der Waals surface area contributed by atoms with E-state index >= 15 is 0 Å². The smallest absolute Gasteiger partial charge is 0.259 e. The largest absolute Gasteiger partial charge is 0.497 e. The van der Waals surface area contributed by atoms with Gasteiger partial charge in [-0.05, 0) is 79.4 Å². The summed E-state index contributed by atoms with van der Waals surface area (Å²) in [5, 5.41) is 2.85. The Bertz CT molecular complexity index is 1290. The summed E-state index contributed by atoms with van der Waals surface area (Å²) < 4.78 is 38.1. The molecule has 0 aromatic heterocycles. The molecule has 186 valence electrons. The molecule has 1 amide bonds. The summed E-state index contributed by atoms with van der Waals surface area (Å²) in [7, 11) is -0.462. The Morgan fingerprint density at radius 2 is 1.63 bits per heavy atom. The Kier molecular flexibility index (Phi) is 8.40. The zero-order valence-corrected chi connectivity index (χ0v) is 21.6. The lowest BCUT2D eigenvalue weighted by molar-refractivity contribution is 0.102. The van der Waals surface area contributed by atoms with Gasteiger partial charge in [0.05, 0.1) is 37.8 Å². The molecule has 0 saturated heterocycles. The molecule has 0 aliphatic heterocycles. The zero-order valence-electron chi connectivity index (χ0n) is 20.8. The number of anilines is 2. The van der Waals surface area contributed by atoms with E-state index in [1.165, 1.54) is 18.5 Å². The maximum Gasteiger partial charge on any atom is 0.259 e. The number of carbonyl (C=O) groups is 1. The number of nitrogens with zero attached hydrogens (tertiary/aromatic N) is 1. The van der Waals surface area contributed by atoms with Gasteiger partial charge in [-0.2, -0.15) is 0 Å². The molecule has 0 spiro atoms. The number of sulfonamides is 1. The van der Waals surface area contributed by atoms with Crippen LogP contribution in [0.25, 0.3) is 0 Å². The highest BCUT2D eigenvalue weighted by Gasteiger charge is 2.22. The van der Waals surface area contributed by atoms with Gasteiger partial charge in [0, 0.05) is 5.69 Å². The fourth-order valence-electron chi connectivity index (χ4n) is 3.65. The highest BCUT2D eigenvalue weighted by atomic mass is 32.2. The van der Waals surface area contributed by atoms with Crippen molar-refractivity contribution in [2.24, 2.45) is 0 Å². The molecule has 0 atom stereocenters. The van der Waals surface area contributed by atoms with E-state index in [2.05, 4.69) is 5.32 Å². The summed E-state index contributed by atoms with van der Waals surface area (Å²) in [6.45, 7) is 6.02. The molecule has 0 radical (unpaired) electrons. The minimum atomic E-state index is -3.49. The Morgan fingerprint density at radius 1 is 0.914 bits per heavy atom. The molecule has 0 aliphatic rings. The summed E-state index contributed by atoms with van der Waals surface area (Å²) in [6.07, 6.45) is 0.530. The van der Waals surface area contributed by atoms with Gasteiger partial charge >= 0.3 is 0 Å². The topological polar surface area (TPSA) is 84.9 Å². The highest BCUT2D eigenvalue weighted by Crippen LogP contribution is 2.27. The average molecular weight is 497 g/mol. The lowest BCUT2D eigenvalue weighted by atomic mass is 10.1. The van der Waals surface area contributed by atoms with E-state index in [4.69, 9.17) is 9.47 Å². The molecule has 8 heteroatoms. The van der Waals surface area contributed by atoms with Crippen molar-refractivity contribution in [1.29, 1.82) is 0 Å². The normalized spacial score (nSPS) is 11.1. The van der Waals surface area contributed by atoms with Crippen LogP contribution in [0.2, 0.25) is 0 Å². The van der Waals surface area contributed by atoms with Crippen LogP contribution in [0.1, 0.15) is 40.4 Å². The second kappa shape index (κ2) is 11.3. The third-order valence-corrected chi connectivity index (χ3v) is 7.70. The maximum absolute atomic E-state index is 13.1. The summed E-state index contributed by atoms with van der Waals surface area (Å²) in [4.78, 5) is 12.8. The molecule has 0 fully saturated rings. The van der Waals surface area contributed by atoms with E-state index in [1.54, 1.807) is 30.3 Å². The van der Waals surface area contributed by atoms with Crippen LogP contribution in [-0.2, 0) is 16.6 Å². The second-order valence-corrected chi connectivity index (χ2v) is 10.3. The lowest BCUT2D eigenvalue weighted by Gasteiger charge is -2.25. The van der Waals surface area contributed by atoms with Crippen molar-refractivity contribution >= 4 is 27.3 Å². The van der Waals surface area contributed by atoms with Crippen molar-refractivity contribution in [2.45, 2.75) is 33.7 Å². The molecule has 35 heavy (non-hydrogen) atoms. The van der Waals surface area contributed by atoms with E-state index in [0.717, 1.165) is 16.7 Å². The fourth-order valence-corrected chi connectivity index (χ4v) is 5.17. The third-order valence-electron chi connectivity index (χ3n) is 5.77. The maximum atomic E-state index is 13.1. The van der Waals surface area contributed by atoms with Crippen LogP contribution >= 0.6 is 0 Å². The van der Waals surface area contributed by atoms with Gasteiger partial charge in [0.15, 0.2) is 0 Å². The Hall–Kier alpha value is -3.52. The number of benzene rings is 3. The van der Waals surface area contributed by atoms with Gasteiger partial charge in [-0.3, -0.25) is 9.10 Å². The molecule has 0 bridgehead atoms. The molecule has 7 nitrogen and oxygen atoms in total. The zero-order chi connectivity index (χ0) is 25.6. The van der Waals surface area contributed by atoms with Crippen molar-refractivity contribution in [2.75, 3.05) is 29.6 Å². The minimum absolute atomic E-state index is 0.0659. The molecule has 0 heterocycles. The first-order valence-corrected chi connectivity index (χ1v) is 13.0. The standard InChI is InChI=1S/C27H32N2O5S/c1-6-15-35(31,32)29(23-12-7-19(2)20(3)16-23)18-21-8-10-22(11-9-21)28-27(30)25-17-24(33-4)13-14-26(25)34-5/h7-14,16-17H,6,15,18H2,1-5H3,(H,28,30). The first-order valence-electron chi connectivity index (χ1n) is 11.4. The number of ether oxygens (including phenoxy) is 2. The van der Waals surface area contributed by atoms with Crippen LogP contribution in [0.15, 0.2) is 60.7 Å². The molecule has 3 rings (SSSR count). The van der Waals surface area contributed by atoms with Gasteiger partial charge in [-0.15, -0.1) is 0 Å². The SMILES string of the molecule is CCCS(=O)(=O)N(Cc1ccc(NC(=O)c2cc(OC)ccc2OC)cc1)c1ccc(C)c(C)c1. The fraction of sp³-hybridized carbons (Fsp3) is 0.296. The second-order valence-electron chi connectivity index (χ2n) is 8.31. The van der Waals surface area contributed by atoms with Gasteiger partial charge in [0.1, 0.15) is 11.5 Å². The van der Waals surface area contributed by atoms with E-state index in [9.17, 15) is 13.2 Å². The highest BCUT2D eigenvalue weighted by molar-refractivity contribution is 7.92. The van der Waals surface area contributed by atoms with Gasteiger partial charge in [0.25, 0.3) is 5.91 Å². The Morgan fingerprint density at radius 3 is 2.23 bits per heavy atom. The Labute approximate surface area is 207 Å². The molecule has 3 aromatic carbocycles. The van der Waals surface area contributed by atoms with Gasteiger partial charge in [0.2, 0.25) is 10.0 Å². The van der Waals surface area contributed by atoms with Crippen molar-refractivity contribution in [3.8, 4) is 11.5 Å². The minimum Gasteiger partial charge on any atom is -0.497 e. The van der Waals surface area contributed by atoms with Crippen LogP contribution in [0.4, 0.5) is 11.4 Å². The molecule has 0 aliphatic carbocycles. The van der Waals surface area contributed by atoms with Crippen molar-refractivity contribution in [3.05, 3.63) is 82.9 Å². The number of carbonyl (C=O) groups excluding carboxylic acids is 1. The van der Waals surface area contributed by atoms with Crippen LogP contribution in [0.5, 0.6) is 11.5 Å². The third kappa shape index (κ3) is 6.33. The number of nitrogens with one attached hydrogen (secondary N) is 1.